The van der Waals surface area contributed by atoms with Gasteiger partial charge in [0.2, 0.25) is 0 Å². The summed E-state index contributed by atoms with van der Waals surface area (Å²) >= 11 is 0. The van der Waals surface area contributed by atoms with E-state index in [2.05, 4.69) is 83.7 Å². The Bertz CT molecular complexity index is 786. The van der Waals surface area contributed by atoms with Crippen molar-refractivity contribution in [2.45, 2.75) is 78.1 Å². The van der Waals surface area contributed by atoms with E-state index in [-0.39, 0.29) is 5.41 Å². The summed E-state index contributed by atoms with van der Waals surface area (Å²) in [6, 6.07) is 16.2. The Kier molecular flexibility index (Phi) is 5.94. The van der Waals surface area contributed by atoms with Crippen LogP contribution < -0.4 is 0 Å². The number of hydrogen-bond acceptors (Lipinski definition) is 0. The van der Waals surface area contributed by atoms with E-state index in [9.17, 15) is 0 Å². The zero-order valence-corrected chi connectivity index (χ0v) is 17.9. The van der Waals surface area contributed by atoms with Crippen molar-refractivity contribution in [1.29, 1.82) is 0 Å². The van der Waals surface area contributed by atoms with E-state index in [1.165, 1.54) is 52.7 Å². The molecule has 144 valence electrons. The number of benzene rings is 2. The highest BCUT2D eigenvalue weighted by Crippen LogP contribution is 2.43. The van der Waals surface area contributed by atoms with Crippen molar-refractivity contribution >= 4 is 0 Å². The Balaban J connectivity index is 1.71. The zero-order chi connectivity index (χ0) is 19.6. The lowest BCUT2D eigenvalue weighted by atomic mass is 9.80. The van der Waals surface area contributed by atoms with Crippen LogP contribution >= 0.6 is 0 Å². The summed E-state index contributed by atoms with van der Waals surface area (Å²) in [7, 11) is 0. The summed E-state index contributed by atoms with van der Waals surface area (Å²) in [6.07, 6.45) is 6.00. The number of aryl methyl sites for hydroxylation is 2. The number of rotatable bonds is 5. The van der Waals surface area contributed by atoms with E-state index in [4.69, 9.17) is 0 Å². The monoisotopic (exact) mass is 360 g/mol. The van der Waals surface area contributed by atoms with Crippen molar-refractivity contribution in [3.63, 3.8) is 0 Å². The minimum atomic E-state index is 0.198. The number of hydrogen-bond donors (Lipinski definition) is 0. The molecular weight excluding hydrogens is 324 g/mol. The van der Waals surface area contributed by atoms with Crippen molar-refractivity contribution < 1.29 is 0 Å². The first-order valence-corrected chi connectivity index (χ1v) is 10.6. The molecule has 1 fully saturated rings. The fourth-order valence-corrected chi connectivity index (χ4v) is 4.70. The summed E-state index contributed by atoms with van der Waals surface area (Å²) in [4.78, 5) is 0. The first kappa shape index (κ1) is 19.9. The summed E-state index contributed by atoms with van der Waals surface area (Å²) in [5.74, 6) is 1.41. The first-order chi connectivity index (χ1) is 12.8. The van der Waals surface area contributed by atoms with Gasteiger partial charge in [0.1, 0.15) is 0 Å². The SMILES string of the molecule is C=C1C[C@H](CC)CC1c1ccc(CCc2c(C)cccc2C(C)(C)C)cc1. The highest BCUT2D eigenvalue weighted by Gasteiger charge is 2.27. The van der Waals surface area contributed by atoms with Crippen LogP contribution in [-0.4, -0.2) is 0 Å². The van der Waals surface area contributed by atoms with E-state index >= 15 is 0 Å². The second-order valence-corrected chi connectivity index (χ2v) is 9.52. The van der Waals surface area contributed by atoms with Gasteiger partial charge in [-0.05, 0) is 71.8 Å². The molecule has 0 heterocycles. The van der Waals surface area contributed by atoms with Gasteiger partial charge in [-0.1, -0.05) is 88.7 Å². The summed E-state index contributed by atoms with van der Waals surface area (Å²) in [5.41, 5.74) is 8.99. The molecule has 0 aliphatic heterocycles. The molecule has 1 unspecified atom stereocenters. The van der Waals surface area contributed by atoms with Gasteiger partial charge in [-0.15, -0.1) is 0 Å². The molecule has 0 radical (unpaired) electrons. The zero-order valence-electron chi connectivity index (χ0n) is 17.9. The molecule has 0 N–H and O–H groups in total. The molecule has 1 aliphatic rings. The molecule has 0 nitrogen and oxygen atoms in total. The van der Waals surface area contributed by atoms with Crippen LogP contribution in [-0.2, 0) is 18.3 Å². The number of allylic oxidation sites excluding steroid dienone is 1. The minimum Gasteiger partial charge on any atom is -0.0992 e. The molecule has 0 spiro atoms. The molecule has 1 aliphatic carbocycles. The quantitative estimate of drug-likeness (QED) is 0.483. The van der Waals surface area contributed by atoms with Gasteiger partial charge in [-0.3, -0.25) is 0 Å². The Morgan fingerprint density at radius 2 is 1.70 bits per heavy atom. The lowest BCUT2D eigenvalue weighted by molar-refractivity contribution is 0.523. The van der Waals surface area contributed by atoms with Crippen LogP contribution in [0.1, 0.15) is 80.7 Å². The normalized spacial score (nSPS) is 20.3. The second-order valence-electron chi connectivity index (χ2n) is 9.52. The Hall–Kier alpha value is -1.82. The van der Waals surface area contributed by atoms with Crippen LogP contribution in [0.4, 0.5) is 0 Å². The van der Waals surface area contributed by atoms with Crippen LogP contribution in [0.5, 0.6) is 0 Å². The van der Waals surface area contributed by atoms with Crippen LogP contribution in [0, 0.1) is 12.8 Å². The van der Waals surface area contributed by atoms with Crippen molar-refractivity contribution in [2.24, 2.45) is 5.92 Å². The molecule has 2 atom stereocenters. The van der Waals surface area contributed by atoms with E-state index in [1.54, 1.807) is 0 Å². The maximum atomic E-state index is 4.35. The van der Waals surface area contributed by atoms with Crippen LogP contribution in [0.25, 0.3) is 0 Å². The van der Waals surface area contributed by atoms with Crippen LogP contribution in [0.15, 0.2) is 54.6 Å². The smallest absolute Gasteiger partial charge is 0.00483 e. The van der Waals surface area contributed by atoms with Gasteiger partial charge >= 0.3 is 0 Å². The molecular formula is C27H36. The standard InChI is InChI=1S/C27H36/c1-7-21-17-20(3)25(18-21)23-14-11-22(12-15-23)13-16-24-19(2)9-8-10-26(24)27(4,5)6/h8-12,14-15,21,25H,3,7,13,16-18H2,1-2,4-6H3/t21-,25?/m0/s1. The highest BCUT2D eigenvalue weighted by atomic mass is 14.3. The highest BCUT2D eigenvalue weighted by molar-refractivity contribution is 5.40. The minimum absolute atomic E-state index is 0.198. The summed E-state index contributed by atoms with van der Waals surface area (Å²) < 4.78 is 0. The second kappa shape index (κ2) is 8.05. The Morgan fingerprint density at radius 1 is 1.00 bits per heavy atom. The van der Waals surface area contributed by atoms with E-state index < -0.39 is 0 Å². The molecule has 0 aromatic heterocycles. The largest absolute Gasteiger partial charge is 0.0992 e. The van der Waals surface area contributed by atoms with Crippen molar-refractivity contribution in [2.75, 3.05) is 0 Å². The van der Waals surface area contributed by atoms with Crippen molar-refractivity contribution in [1.82, 2.24) is 0 Å². The van der Waals surface area contributed by atoms with Gasteiger partial charge in [-0.2, -0.15) is 0 Å². The van der Waals surface area contributed by atoms with Crippen molar-refractivity contribution in [3.8, 4) is 0 Å². The van der Waals surface area contributed by atoms with Crippen LogP contribution in [0.3, 0.4) is 0 Å². The third-order valence-corrected chi connectivity index (χ3v) is 6.45. The molecule has 2 aromatic rings. The van der Waals surface area contributed by atoms with E-state index in [0.29, 0.717) is 5.92 Å². The maximum Gasteiger partial charge on any atom is 0.00483 e. The lowest BCUT2D eigenvalue weighted by Gasteiger charge is -2.24. The lowest BCUT2D eigenvalue weighted by Crippen LogP contribution is -2.15. The van der Waals surface area contributed by atoms with Gasteiger partial charge in [-0.25, -0.2) is 0 Å². The third-order valence-electron chi connectivity index (χ3n) is 6.45. The van der Waals surface area contributed by atoms with Gasteiger partial charge in [0.25, 0.3) is 0 Å². The van der Waals surface area contributed by atoms with Crippen molar-refractivity contribution in [3.05, 3.63) is 82.4 Å². The topological polar surface area (TPSA) is 0 Å². The van der Waals surface area contributed by atoms with Gasteiger partial charge in [0, 0.05) is 5.92 Å². The maximum absolute atomic E-state index is 4.35. The van der Waals surface area contributed by atoms with E-state index in [0.717, 1.165) is 18.8 Å². The summed E-state index contributed by atoms with van der Waals surface area (Å²) in [6.45, 7) is 15.9. The molecule has 1 saturated carbocycles. The predicted molar refractivity (Wildman–Crippen MR) is 119 cm³/mol. The third kappa shape index (κ3) is 4.54. The molecule has 0 heteroatoms. The fraction of sp³-hybridized carbons (Fsp3) is 0.481. The van der Waals surface area contributed by atoms with Gasteiger partial charge < -0.3 is 0 Å². The van der Waals surface area contributed by atoms with Gasteiger partial charge in [0.15, 0.2) is 0 Å². The van der Waals surface area contributed by atoms with E-state index in [1.807, 2.05) is 0 Å². The molecule has 3 rings (SSSR count). The average molecular weight is 361 g/mol. The van der Waals surface area contributed by atoms with Crippen LogP contribution in [0.2, 0.25) is 0 Å². The molecule has 27 heavy (non-hydrogen) atoms. The van der Waals surface area contributed by atoms with Gasteiger partial charge in [0.05, 0.1) is 0 Å². The molecule has 2 aromatic carbocycles. The average Bonchev–Trinajstić information content (AvgIpc) is 3.01. The molecule has 0 amide bonds. The Morgan fingerprint density at radius 3 is 2.30 bits per heavy atom. The molecule has 0 bridgehead atoms. The Labute approximate surface area is 166 Å². The summed E-state index contributed by atoms with van der Waals surface area (Å²) in [5, 5.41) is 0. The predicted octanol–water partition coefficient (Wildman–Crippen LogP) is 7.54. The molecule has 0 saturated heterocycles. The fourth-order valence-electron chi connectivity index (χ4n) is 4.70. The first-order valence-electron chi connectivity index (χ1n) is 10.6.